The SMILES string of the molecule is O=C(Nc1ccc(F)c(Cl)c1)c1ccc(NCc2ccc(F)cc2)cn1. The van der Waals surface area contributed by atoms with Crippen LogP contribution in [0.4, 0.5) is 20.2 Å². The fraction of sp³-hybridized carbons (Fsp3) is 0.0526. The summed E-state index contributed by atoms with van der Waals surface area (Å²) in [7, 11) is 0. The van der Waals surface area contributed by atoms with E-state index in [1.165, 1.54) is 36.5 Å². The molecule has 0 saturated heterocycles. The molecule has 3 aromatic rings. The lowest BCUT2D eigenvalue weighted by Crippen LogP contribution is -2.13. The first-order valence-corrected chi connectivity index (χ1v) is 8.10. The number of nitrogens with one attached hydrogen (secondary N) is 2. The molecule has 0 spiro atoms. The van der Waals surface area contributed by atoms with Crippen molar-refractivity contribution < 1.29 is 13.6 Å². The van der Waals surface area contributed by atoms with Gasteiger partial charge in [0, 0.05) is 12.2 Å². The monoisotopic (exact) mass is 373 g/mol. The highest BCUT2D eigenvalue weighted by molar-refractivity contribution is 6.31. The average Bonchev–Trinajstić information content (AvgIpc) is 2.65. The van der Waals surface area contributed by atoms with Crippen LogP contribution in [0.3, 0.4) is 0 Å². The van der Waals surface area contributed by atoms with Gasteiger partial charge in [-0.2, -0.15) is 0 Å². The van der Waals surface area contributed by atoms with Crippen molar-refractivity contribution in [3.05, 3.63) is 88.7 Å². The van der Waals surface area contributed by atoms with Gasteiger partial charge in [-0.05, 0) is 48.0 Å². The molecule has 0 unspecified atom stereocenters. The quantitative estimate of drug-likeness (QED) is 0.670. The van der Waals surface area contributed by atoms with Gasteiger partial charge in [-0.25, -0.2) is 13.8 Å². The fourth-order valence-electron chi connectivity index (χ4n) is 2.21. The highest BCUT2D eigenvalue weighted by Crippen LogP contribution is 2.20. The first-order chi connectivity index (χ1) is 12.5. The molecule has 3 rings (SSSR count). The van der Waals surface area contributed by atoms with Crippen LogP contribution in [0.15, 0.2) is 60.8 Å². The van der Waals surface area contributed by atoms with Crippen molar-refractivity contribution in [3.8, 4) is 0 Å². The molecule has 1 heterocycles. The molecular weight excluding hydrogens is 360 g/mol. The number of halogens is 3. The van der Waals surface area contributed by atoms with Gasteiger partial charge in [0.15, 0.2) is 0 Å². The third kappa shape index (κ3) is 4.55. The van der Waals surface area contributed by atoms with E-state index >= 15 is 0 Å². The van der Waals surface area contributed by atoms with Gasteiger partial charge in [-0.15, -0.1) is 0 Å². The summed E-state index contributed by atoms with van der Waals surface area (Å²) >= 11 is 5.69. The number of rotatable bonds is 5. The smallest absolute Gasteiger partial charge is 0.274 e. The Labute approximate surface area is 153 Å². The standard InChI is InChI=1S/C19H14ClF2N3O/c20-16-9-14(5-7-17(16)22)25-19(26)18-8-6-15(11-24-18)23-10-12-1-3-13(21)4-2-12/h1-9,11,23H,10H2,(H,25,26). The zero-order chi connectivity index (χ0) is 18.5. The van der Waals surface area contributed by atoms with Crippen molar-refractivity contribution in [1.82, 2.24) is 4.98 Å². The summed E-state index contributed by atoms with van der Waals surface area (Å²) in [6.45, 7) is 0.502. The lowest BCUT2D eigenvalue weighted by molar-refractivity contribution is 0.102. The minimum absolute atomic E-state index is 0.0731. The zero-order valence-corrected chi connectivity index (χ0v) is 14.2. The molecule has 1 amide bonds. The number of anilines is 2. The van der Waals surface area contributed by atoms with E-state index in [9.17, 15) is 13.6 Å². The third-order valence-electron chi connectivity index (χ3n) is 3.58. The van der Waals surface area contributed by atoms with E-state index in [0.717, 1.165) is 11.3 Å². The number of carbonyl (C=O) groups excluding carboxylic acids is 1. The Hall–Kier alpha value is -2.99. The predicted octanol–water partition coefficient (Wildman–Crippen LogP) is 4.88. The number of pyridine rings is 1. The van der Waals surface area contributed by atoms with Gasteiger partial charge in [0.1, 0.15) is 17.3 Å². The summed E-state index contributed by atoms with van der Waals surface area (Å²) in [5.74, 6) is -1.27. The average molecular weight is 374 g/mol. The summed E-state index contributed by atoms with van der Waals surface area (Å²) in [5.41, 5.74) is 2.22. The van der Waals surface area contributed by atoms with Gasteiger partial charge in [0.2, 0.25) is 0 Å². The fourth-order valence-corrected chi connectivity index (χ4v) is 2.39. The molecular formula is C19H14ClF2N3O. The molecule has 2 aromatic carbocycles. The topological polar surface area (TPSA) is 54.0 Å². The van der Waals surface area contributed by atoms with Crippen molar-refractivity contribution in [2.45, 2.75) is 6.54 Å². The Morgan fingerprint density at radius 1 is 1.00 bits per heavy atom. The van der Waals surface area contributed by atoms with Gasteiger partial charge in [0.25, 0.3) is 5.91 Å². The number of aromatic nitrogens is 1. The number of carbonyl (C=O) groups is 1. The van der Waals surface area contributed by atoms with E-state index in [1.54, 1.807) is 24.3 Å². The van der Waals surface area contributed by atoms with Crippen molar-refractivity contribution in [2.75, 3.05) is 10.6 Å². The first kappa shape index (κ1) is 17.8. The molecule has 0 atom stereocenters. The molecule has 2 N–H and O–H groups in total. The van der Waals surface area contributed by atoms with Crippen LogP contribution >= 0.6 is 11.6 Å². The Bertz CT molecular complexity index is 915. The van der Waals surface area contributed by atoms with Gasteiger partial charge < -0.3 is 10.6 Å². The molecule has 26 heavy (non-hydrogen) atoms. The van der Waals surface area contributed by atoms with Crippen molar-refractivity contribution in [2.24, 2.45) is 0 Å². The molecule has 0 saturated carbocycles. The summed E-state index contributed by atoms with van der Waals surface area (Å²) in [6.07, 6.45) is 1.52. The predicted molar refractivity (Wildman–Crippen MR) is 97.3 cm³/mol. The van der Waals surface area contributed by atoms with E-state index in [-0.39, 0.29) is 16.5 Å². The van der Waals surface area contributed by atoms with Crippen LogP contribution in [0.25, 0.3) is 0 Å². The van der Waals surface area contributed by atoms with Crippen LogP contribution in [0.5, 0.6) is 0 Å². The Kier molecular flexibility index (Phi) is 5.43. The number of nitrogens with zero attached hydrogens (tertiary/aromatic N) is 1. The number of hydrogen-bond acceptors (Lipinski definition) is 3. The molecule has 7 heteroatoms. The zero-order valence-electron chi connectivity index (χ0n) is 13.5. The lowest BCUT2D eigenvalue weighted by Gasteiger charge is -2.08. The summed E-state index contributed by atoms with van der Waals surface area (Å²) in [5, 5.41) is 5.66. The second kappa shape index (κ2) is 7.93. The largest absolute Gasteiger partial charge is 0.380 e. The summed E-state index contributed by atoms with van der Waals surface area (Å²) in [6, 6.07) is 13.3. The van der Waals surface area contributed by atoms with E-state index < -0.39 is 11.7 Å². The molecule has 0 aliphatic heterocycles. The van der Waals surface area contributed by atoms with Crippen LogP contribution in [0.1, 0.15) is 16.1 Å². The maximum atomic E-state index is 13.1. The van der Waals surface area contributed by atoms with Crippen LogP contribution in [-0.4, -0.2) is 10.9 Å². The maximum absolute atomic E-state index is 13.1. The molecule has 0 bridgehead atoms. The number of amides is 1. The molecule has 0 fully saturated rings. The third-order valence-corrected chi connectivity index (χ3v) is 3.87. The maximum Gasteiger partial charge on any atom is 0.274 e. The lowest BCUT2D eigenvalue weighted by atomic mass is 10.2. The van der Waals surface area contributed by atoms with Crippen LogP contribution < -0.4 is 10.6 Å². The van der Waals surface area contributed by atoms with Crippen molar-refractivity contribution in [3.63, 3.8) is 0 Å². The highest BCUT2D eigenvalue weighted by Gasteiger charge is 2.09. The van der Waals surface area contributed by atoms with Gasteiger partial charge in [-0.1, -0.05) is 23.7 Å². The van der Waals surface area contributed by atoms with E-state index in [4.69, 9.17) is 11.6 Å². The molecule has 0 aliphatic carbocycles. The van der Waals surface area contributed by atoms with Gasteiger partial charge in [0.05, 0.1) is 16.9 Å². The van der Waals surface area contributed by atoms with Crippen molar-refractivity contribution in [1.29, 1.82) is 0 Å². The normalized spacial score (nSPS) is 10.4. The van der Waals surface area contributed by atoms with E-state index in [0.29, 0.717) is 12.2 Å². The number of benzene rings is 2. The number of hydrogen-bond donors (Lipinski definition) is 2. The Morgan fingerprint density at radius 3 is 2.38 bits per heavy atom. The summed E-state index contributed by atoms with van der Waals surface area (Å²) < 4.78 is 26.0. The Balaban J connectivity index is 1.60. The Morgan fingerprint density at radius 2 is 1.73 bits per heavy atom. The first-order valence-electron chi connectivity index (χ1n) is 7.72. The second-order valence-corrected chi connectivity index (χ2v) is 5.90. The van der Waals surface area contributed by atoms with E-state index in [1.807, 2.05) is 0 Å². The molecule has 0 aliphatic rings. The van der Waals surface area contributed by atoms with Crippen LogP contribution in [0.2, 0.25) is 5.02 Å². The van der Waals surface area contributed by atoms with E-state index in [2.05, 4.69) is 15.6 Å². The van der Waals surface area contributed by atoms with Crippen LogP contribution in [-0.2, 0) is 6.54 Å². The minimum atomic E-state index is -0.556. The molecule has 132 valence electrons. The second-order valence-electron chi connectivity index (χ2n) is 5.50. The van der Waals surface area contributed by atoms with Gasteiger partial charge >= 0.3 is 0 Å². The van der Waals surface area contributed by atoms with Gasteiger partial charge in [-0.3, -0.25) is 4.79 Å². The van der Waals surface area contributed by atoms with Crippen molar-refractivity contribution >= 4 is 28.9 Å². The van der Waals surface area contributed by atoms with Crippen LogP contribution in [0, 0.1) is 11.6 Å². The molecule has 0 radical (unpaired) electrons. The molecule has 4 nitrogen and oxygen atoms in total. The minimum Gasteiger partial charge on any atom is -0.380 e. The highest BCUT2D eigenvalue weighted by atomic mass is 35.5. The summed E-state index contributed by atoms with van der Waals surface area (Å²) in [4.78, 5) is 16.3. The molecule has 1 aromatic heterocycles.